The minimum Gasteiger partial charge on any atom is -0.368 e. The van der Waals surface area contributed by atoms with Crippen molar-refractivity contribution in [2.75, 3.05) is 18.0 Å². The molecule has 0 spiro atoms. The first-order valence-electron chi connectivity index (χ1n) is 5.57. The summed E-state index contributed by atoms with van der Waals surface area (Å²) in [6.07, 6.45) is 0. The number of benzene rings is 1. The normalized spacial score (nSPS) is 11.4. The Bertz CT molecular complexity index is 514. The van der Waals surface area contributed by atoms with Gasteiger partial charge in [-0.2, -0.15) is 10.5 Å². The van der Waals surface area contributed by atoms with Gasteiger partial charge < -0.3 is 4.90 Å². The monoisotopic (exact) mass is 249 g/mol. The predicted molar refractivity (Wildman–Crippen MR) is 63.7 cm³/mol. The van der Waals surface area contributed by atoms with Crippen molar-refractivity contribution < 1.29 is 8.78 Å². The van der Waals surface area contributed by atoms with Crippen molar-refractivity contribution in [3.05, 3.63) is 29.3 Å². The summed E-state index contributed by atoms with van der Waals surface area (Å²) in [7, 11) is 0. The van der Waals surface area contributed by atoms with E-state index in [2.05, 4.69) is 0 Å². The maximum Gasteiger partial charge on any atom is 0.183 e. The molecule has 0 aromatic heterocycles. The zero-order chi connectivity index (χ0) is 13.7. The second kappa shape index (κ2) is 5.97. The molecule has 0 fully saturated rings. The van der Waals surface area contributed by atoms with E-state index in [4.69, 9.17) is 10.5 Å². The van der Waals surface area contributed by atoms with Gasteiger partial charge in [0.2, 0.25) is 0 Å². The summed E-state index contributed by atoms with van der Waals surface area (Å²) in [4.78, 5) is 1.58. The molecule has 0 N–H and O–H groups in total. The second-order valence-electron chi connectivity index (χ2n) is 3.94. The third kappa shape index (κ3) is 2.75. The van der Waals surface area contributed by atoms with Gasteiger partial charge in [0, 0.05) is 13.1 Å². The highest BCUT2D eigenvalue weighted by Crippen LogP contribution is 2.24. The van der Waals surface area contributed by atoms with Gasteiger partial charge in [0.05, 0.1) is 23.2 Å². The number of hydrogen-bond acceptors (Lipinski definition) is 3. The van der Waals surface area contributed by atoms with Crippen molar-refractivity contribution in [1.82, 2.24) is 0 Å². The summed E-state index contributed by atoms with van der Waals surface area (Å²) in [5, 5.41) is 17.3. The standard InChI is InChI=1S/C13H13F2N3/c1-3-18(8-9(2)6-16)11-5-4-10(7-17)12(14)13(11)15/h4-5,9H,3,8H2,1-2H3. The molecule has 0 aliphatic carbocycles. The van der Waals surface area contributed by atoms with E-state index in [1.165, 1.54) is 12.1 Å². The Morgan fingerprint density at radius 2 is 1.94 bits per heavy atom. The summed E-state index contributed by atoms with van der Waals surface area (Å²) in [5.41, 5.74) is -0.239. The van der Waals surface area contributed by atoms with E-state index in [0.29, 0.717) is 13.1 Å². The number of nitriles is 2. The van der Waals surface area contributed by atoms with E-state index < -0.39 is 11.6 Å². The van der Waals surface area contributed by atoms with E-state index in [-0.39, 0.29) is 17.2 Å². The first-order chi connectivity index (χ1) is 8.54. The van der Waals surface area contributed by atoms with Gasteiger partial charge in [-0.1, -0.05) is 0 Å². The summed E-state index contributed by atoms with van der Waals surface area (Å²) in [5.74, 6) is -2.47. The fraction of sp³-hybridized carbons (Fsp3) is 0.385. The van der Waals surface area contributed by atoms with Gasteiger partial charge in [0.25, 0.3) is 0 Å². The molecule has 3 nitrogen and oxygen atoms in total. The molecule has 0 aliphatic rings. The fourth-order valence-electron chi connectivity index (χ4n) is 1.64. The first-order valence-corrected chi connectivity index (χ1v) is 5.57. The predicted octanol–water partition coefficient (Wildman–Crippen LogP) is 2.82. The van der Waals surface area contributed by atoms with Gasteiger partial charge in [-0.3, -0.25) is 0 Å². The number of anilines is 1. The molecule has 5 heteroatoms. The van der Waals surface area contributed by atoms with Crippen LogP contribution in [-0.2, 0) is 0 Å². The molecule has 1 atom stereocenters. The number of nitrogens with zero attached hydrogens (tertiary/aromatic N) is 3. The molecular formula is C13H13F2N3. The molecule has 0 amide bonds. The molecule has 0 heterocycles. The summed E-state index contributed by atoms with van der Waals surface area (Å²) < 4.78 is 27.3. The highest BCUT2D eigenvalue weighted by atomic mass is 19.2. The van der Waals surface area contributed by atoms with Gasteiger partial charge in [0.1, 0.15) is 6.07 Å². The van der Waals surface area contributed by atoms with Gasteiger partial charge in [-0.25, -0.2) is 8.78 Å². The van der Waals surface area contributed by atoms with Crippen molar-refractivity contribution in [2.45, 2.75) is 13.8 Å². The van der Waals surface area contributed by atoms with E-state index in [0.717, 1.165) is 0 Å². The van der Waals surface area contributed by atoms with Crippen LogP contribution >= 0.6 is 0 Å². The quantitative estimate of drug-likeness (QED) is 0.824. The lowest BCUT2D eigenvalue weighted by Gasteiger charge is -2.24. The highest BCUT2D eigenvalue weighted by Gasteiger charge is 2.18. The van der Waals surface area contributed by atoms with E-state index in [9.17, 15) is 8.78 Å². The van der Waals surface area contributed by atoms with E-state index in [1.54, 1.807) is 24.8 Å². The van der Waals surface area contributed by atoms with Crippen LogP contribution in [0.1, 0.15) is 19.4 Å². The maximum atomic E-state index is 13.8. The zero-order valence-electron chi connectivity index (χ0n) is 10.2. The molecule has 0 aliphatic heterocycles. The zero-order valence-corrected chi connectivity index (χ0v) is 10.2. The average molecular weight is 249 g/mol. The molecule has 1 unspecified atom stereocenters. The van der Waals surface area contributed by atoms with Crippen molar-refractivity contribution in [3.8, 4) is 12.1 Å². The highest BCUT2D eigenvalue weighted by molar-refractivity contribution is 5.52. The summed E-state index contributed by atoms with van der Waals surface area (Å²) >= 11 is 0. The van der Waals surface area contributed by atoms with Crippen LogP contribution in [-0.4, -0.2) is 13.1 Å². The van der Waals surface area contributed by atoms with Crippen LogP contribution in [0.2, 0.25) is 0 Å². The van der Waals surface area contributed by atoms with Gasteiger partial charge >= 0.3 is 0 Å². The molecular weight excluding hydrogens is 236 g/mol. The lowest BCUT2D eigenvalue weighted by Crippen LogP contribution is -2.28. The van der Waals surface area contributed by atoms with Crippen LogP contribution in [0, 0.1) is 40.2 Å². The van der Waals surface area contributed by atoms with Crippen LogP contribution in [0.25, 0.3) is 0 Å². The second-order valence-corrected chi connectivity index (χ2v) is 3.94. The van der Waals surface area contributed by atoms with Crippen molar-refractivity contribution in [3.63, 3.8) is 0 Å². The Morgan fingerprint density at radius 1 is 1.28 bits per heavy atom. The van der Waals surface area contributed by atoms with Crippen molar-refractivity contribution in [1.29, 1.82) is 10.5 Å². The van der Waals surface area contributed by atoms with Crippen LogP contribution in [0.3, 0.4) is 0 Å². The van der Waals surface area contributed by atoms with Crippen LogP contribution in [0.5, 0.6) is 0 Å². The smallest absolute Gasteiger partial charge is 0.183 e. The Kier molecular flexibility index (Phi) is 4.62. The number of halogens is 2. The van der Waals surface area contributed by atoms with Crippen molar-refractivity contribution >= 4 is 5.69 Å². The summed E-state index contributed by atoms with van der Waals surface area (Å²) in [6.45, 7) is 4.27. The molecule has 1 aromatic rings. The Labute approximate surface area is 105 Å². The SMILES string of the molecule is CCN(CC(C)C#N)c1ccc(C#N)c(F)c1F. The third-order valence-corrected chi connectivity index (χ3v) is 2.62. The van der Waals surface area contributed by atoms with Crippen LogP contribution in [0.4, 0.5) is 14.5 Å². The Morgan fingerprint density at radius 3 is 2.44 bits per heavy atom. The molecule has 0 radical (unpaired) electrons. The lowest BCUT2D eigenvalue weighted by molar-refractivity contribution is 0.502. The maximum absolute atomic E-state index is 13.8. The molecule has 1 rings (SSSR count). The minimum absolute atomic E-state index is 0.0797. The third-order valence-electron chi connectivity index (χ3n) is 2.62. The lowest BCUT2D eigenvalue weighted by atomic mass is 10.1. The largest absolute Gasteiger partial charge is 0.368 e. The van der Waals surface area contributed by atoms with E-state index >= 15 is 0 Å². The van der Waals surface area contributed by atoms with Gasteiger partial charge in [-0.15, -0.1) is 0 Å². The fourth-order valence-corrected chi connectivity index (χ4v) is 1.64. The van der Waals surface area contributed by atoms with Crippen LogP contribution < -0.4 is 4.90 Å². The Hall–Kier alpha value is -2.14. The minimum atomic E-state index is -1.14. The first kappa shape index (κ1) is 13.9. The average Bonchev–Trinajstić information content (AvgIpc) is 2.39. The number of rotatable bonds is 4. The van der Waals surface area contributed by atoms with E-state index in [1.807, 2.05) is 6.07 Å². The van der Waals surface area contributed by atoms with Crippen LogP contribution in [0.15, 0.2) is 12.1 Å². The van der Waals surface area contributed by atoms with Gasteiger partial charge in [0.15, 0.2) is 11.6 Å². The molecule has 18 heavy (non-hydrogen) atoms. The molecule has 1 aromatic carbocycles. The summed E-state index contributed by atoms with van der Waals surface area (Å²) in [6, 6.07) is 6.24. The number of hydrogen-bond donors (Lipinski definition) is 0. The Balaban J connectivity index is 3.13. The molecule has 0 saturated heterocycles. The topological polar surface area (TPSA) is 50.8 Å². The molecule has 0 saturated carbocycles. The van der Waals surface area contributed by atoms with Crippen molar-refractivity contribution in [2.24, 2.45) is 5.92 Å². The molecule has 94 valence electrons. The molecule has 0 bridgehead atoms. The van der Waals surface area contributed by atoms with Gasteiger partial charge in [-0.05, 0) is 26.0 Å².